The first kappa shape index (κ1) is 16.8. The summed E-state index contributed by atoms with van der Waals surface area (Å²) in [4.78, 5) is 24.1. The van der Waals surface area contributed by atoms with Crippen molar-refractivity contribution in [2.24, 2.45) is 0 Å². The third-order valence-electron chi connectivity index (χ3n) is 2.99. The second-order valence-electron chi connectivity index (χ2n) is 4.70. The zero-order chi connectivity index (χ0) is 15.5. The fraction of sp³-hybridized carbons (Fsp3) is 0.375. The summed E-state index contributed by atoms with van der Waals surface area (Å²) in [5.74, 6) is -0.851. The van der Waals surface area contributed by atoms with Crippen LogP contribution in [0, 0.1) is 0 Å². The fourth-order valence-electron chi connectivity index (χ4n) is 1.89. The number of hydrogen-bond acceptors (Lipinski definition) is 2. The van der Waals surface area contributed by atoms with Gasteiger partial charge >= 0.3 is 12.0 Å². The van der Waals surface area contributed by atoms with E-state index in [0.717, 1.165) is 6.42 Å². The Balaban J connectivity index is 2.38. The summed E-state index contributed by atoms with van der Waals surface area (Å²) in [7, 11) is 0. The second-order valence-corrected chi connectivity index (χ2v) is 4.70. The number of aliphatic carboxylic acids is 1. The van der Waals surface area contributed by atoms with Gasteiger partial charge in [0.15, 0.2) is 0 Å². The SMILES string of the molecule is C=CCN(CCc1ccccc1)C(=O)NCCCC(=O)O. The van der Waals surface area contributed by atoms with Crippen LogP contribution >= 0.6 is 0 Å². The highest BCUT2D eigenvalue weighted by molar-refractivity contribution is 5.74. The Morgan fingerprint density at radius 1 is 1.29 bits per heavy atom. The smallest absolute Gasteiger partial charge is 0.317 e. The first-order valence-corrected chi connectivity index (χ1v) is 7.03. The second kappa shape index (κ2) is 9.58. The van der Waals surface area contributed by atoms with Gasteiger partial charge in [-0.3, -0.25) is 4.79 Å². The predicted octanol–water partition coefficient (Wildman–Crippen LogP) is 2.29. The molecule has 2 amide bonds. The fourth-order valence-corrected chi connectivity index (χ4v) is 1.89. The maximum Gasteiger partial charge on any atom is 0.317 e. The van der Waals surface area contributed by atoms with Crippen LogP contribution < -0.4 is 5.32 Å². The van der Waals surface area contributed by atoms with Crippen LogP contribution in [0.15, 0.2) is 43.0 Å². The van der Waals surface area contributed by atoms with Crippen molar-refractivity contribution in [3.8, 4) is 0 Å². The highest BCUT2D eigenvalue weighted by atomic mass is 16.4. The summed E-state index contributed by atoms with van der Waals surface area (Å²) in [5.41, 5.74) is 1.17. The zero-order valence-corrected chi connectivity index (χ0v) is 12.1. The molecule has 0 aliphatic rings. The molecule has 0 bridgehead atoms. The molecule has 21 heavy (non-hydrogen) atoms. The predicted molar refractivity (Wildman–Crippen MR) is 82.2 cm³/mol. The highest BCUT2D eigenvalue weighted by Gasteiger charge is 2.11. The standard InChI is InChI=1S/C16H22N2O3/c1-2-12-18(13-10-14-7-4-3-5-8-14)16(21)17-11-6-9-15(19)20/h2-5,7-8H,1,6,9-13H2,(H,17,21)(H,19,20). The van der Waals surface area contributed by atoms with Crippen LogP contribution in [0.3, 0.4) is 0 Å². The van der Waals surface area contributed by atoms with Crippen LogP contribution in [0.2, 0.25) is 0 Å². The number of carbonyl (C=O) groups is 2. The molecule has 2 N–H and O–H groups in total. The van der Waals surface area contributed by atoms with E-state index in [1.54, 1.807) is 11.0 Å². The lowest BCUT2D eigenvalue weighted by Crippen LogP contribution is -2.41. The van der Waals surface area contributed by atoms with E-state index in [1.807, 2.05) is 30.3 Å². The van der Waals surface area contributed by atoms with Gasteiger partial charge in [0.25, 0.3) is 0 Å². The van der Waals surface area contributed by atoms with Gasteiger partial charge in [0.05, 0.1) is 0 Å². The van der Waals surface area contributed by atoms with Gasteiger partial charge in [-0.1, -0.05) is 36.4 Å². The first-order chi connectivity index (χ1) is 10.1. The molecule has 0 aliphatic carbocycles. The minimum atomic E-state index is -0.851. The molecule has 5 nitrogen and oxygen atoms in total. The number of hydrogen-bond donors (Lipinski definition) is 2. The van der Waals surface area contributed by atoms with Gasteiger partial charge < -0.3 is 15.3 Å². The third-order valence-corrected chi connectivity index (χ3v) is 2.99. The minimum Gasteiger partial charge on any atom is -0.481 e. The van der Waals surface area contributed by atoms with Crippen molar-refractivity contribution in [2.45, 2.75) is 19.3 Å². The summed E-state index contributed by atoms with van der Waals surface area (Å²) >= 11 is 0. The minimum absolute atomic E-state index is 0.0613. The van der Waals surface area contributed by atoms with Gasteiger partial charge in [0, 0.05) is 26.1 Å². The molecule has 1 rings (SSSR count). The summed E-state index contributed by atoms with van der Waals surface area (Å²) in [5, 5.41) is 11.3. The van der Waals surface area contributed by atoms with E-state index in [9.17, 15) is 9.59 Å². The lowest BCUT2D eigenvalue weighted by Gasteiger charge is -2.21. The van der Waals surface area contributed by atoms with Crippen LogP contribution in [-0.2, 0) is 11.2 Å². The highest BCUT2D eigenvalue weighted by Crippen LogP contribution is 2.02. The molecule has 0 radical (unpaired) electrons. The van der Waals surface area contributed by atoms with Crippen LogP contribution in [0.4, 0.5) is 4.79 Å². The van der Waals surface area contributed by atoms with Crippen molar-refractivity contribution in [2.75, 3.05) is 19.6 Å². The van der Waals surface area contributed by atoms with E-state index in [1.165, 1.54) is 5.56 Å². The van der Waals surface area contributed by atoms with E-state index in [0.29, 0.717) is 26.1 Å². The van der Waals surface area contributed by atoms with Crippen molar-refractivity contribution in [3.05, 3.63) is 48.6 Å². The number of urea groups is 1. The van der Waals surface area contributed by atoms with Crippen molar-refractivity contribution in [1.82, 2.24) is 10.2 Å². The summed E-state index contributed by atoms with van der Waals surface area (Å²) < 4.78 is 0. The maximum absolute atomic E-state index is 12.0. The number of amides is 2. The summed E-state index contributed by atoms with van der Waals surface area (Å²) in [6, 6.07) is 9.77. The van der Waals surface area contributed by atoms with E-state index in [2.05, 4.69) is 11.9 Å². The van der Waals surface area contributed by atoms with Crippen LogP contribution in [0.1, 0.15) is 18.4 Å². The molecular formula is C16H22N2O3. The van der Waals surface area contributed by atoms with Crippen molar-refractivity contribution in [1.29, 1.82) is 0 Å². The molecule has 0 fully saturated rings. The number of carboxylic acids is 1. The molecule has 0 heterocycles. The summed E-state index contributed by atoms with van der Waals surface area (Å²) in [6.07, 6.45) is 2.95. The Morgan fingerprint density at radius 2 is 2.00 bits per heavy atom. The van der Waals surface area contributed by atoms with Gasteiger partial charge in [-0.2, -0.15) is 0 Å². The van der Waals surface area contributed by atoms with Crippen LogP contribution in [0.5, 0.6) is 0 Å². The van der Waals surface area contributed by atoms with Gasteiger partial charge in [0.2, 0.25) is 0 Å². The zero-order valence-electron chi connectivity index (χ0n) is 12.1. The van der Waals surface area contributed by atoms with Crippen molar-refractivity contribution >= 4 is 12.0 Å². The summed E-state index contributed by atoms with van der Waals surface area (Å²) in [6.45, 7) is 5.09. The number of carboxylic acid groups (broad SMARTS) is 1. The molecule has 0 saturated carbocycles. The molecule has 5 heteroatoms. The van der Waals surface area contributed by atoms with E-state index in [-0.39, 0.29) is 12.5 Å². The molecule has 114 valence electrons. The number of benzene rings is 1. The molecule has 1 aromatic carbocycles. The van der Waals surface area contributed by atoms with Crippen LogP contribution in [-0.4, -0.2) is 41.6 Å². The number of nitrogens with one attached hydrogen (secondary N) is 1. The number of carbonyl (C=O) groups excluding carboxylic acids is 1. The molecule has 0 atom stereocenters. The quantitative estimate of drug-likeness (QED) is 0.541. The topological polar surface area (TPSA) is 69.6 Å². The largest absolute Gasteiger partial charge is 0.481 e. The lowest BCUT2D eigenvalue weighted by atomic mass is 10.1. The van der Waals surface area contributed by atoms with Crippen molar-refractivity contribution in [3.63, 3.8) is 0 Å². The van der Waals surface area contributed by atoms with E-state index < -0.39 is 5.97 Å². The number of rotatable bonds is 9. The molecule has 1 aromatic rings. The Hall–Kier alpha value is -2.30. The Kier molecular flexibility index (Phi) is 7.64. The average molecular weight is 290 g/mol. The van der Waals surface area contributed by atoms with E-state index in [4.69, 9.17) is 5.11 Å². The molecule has 0 unspecified atom stereocenters. The third kappa shape index (κ3) is 7.15. The Bertz CT molecular complexity index is 460. The van der Waals surface area contributed by atoms with Gasteiger partial charge in [-0.25, -0.2) is 4.79 Å². The molecule has 0 spiro atoms. The molecule has 0 aromatic heterocycles. The Labute approximate surface area is 125 Å². The van der Waals surface area contributed by atoms with Crippen molar-refractivity contribution < 1.29 is 14.7 Å². The monoisotopic (exact) mass is 290 g/mol. The van der Waals surface area contributed by atoms with Crippen LogP contribution in [0.25, 0.3) is 0 Å². The molecule has 0 saturated heterocycles. The van der Waals surface area contributed by atoms with Gasteiger partial charge in [-0.15, -0.1) is 6.58 Å². The molecule has 0 aliphatic heterocycles. The maximum atomic E-state index is 12.0. The Morgan fingerprint density at radius 3 is 2.62 bits per heavy atom. The number of nitrogens with zero attached hydrogens (tertiary/aromatic N) is 1. The van der Waals surface area contributed by atoms with Gasteiger partial charge in [-0.05, 0) is 18.4 Å². The lowest BCUT2D eigenvalue weighted by molar-refractivity contribution is -0.137. The first-order valence-electron chi connectivity index (χ1n) is 7.03. The normalized spacial score (nSPS) is 9.90. The van der Waals surface area contributed by atoms with E-state index >= 15 is 0 Å². The molecular weight excluding hydrogens is 268 g/mol. The van der Waals surface area contributed by atoms with Gasteiger partial charge in [0.1, 0.15) is 0 Å². The average Bonchev–Trinajstić information content (AvgIpc) is 2.48.